The number of fused-ring (bicyclic) bond motifs is 3. The van der Waals surface area contributed by atoms with Crippen molar-refractivity contribution in [2.75, 3.05) is 62.1 Å². The molecule has 3 aliphatic rings. The van der Waals surface area contributed by atoms with E-state index in [4.69, 9.17) is 23.7 Å². The van der Waals surface area contributed by atoms with Gasteiger partial charge in [0, 0.05) is 54.5 Å². The topological polar surface area (TPSA) is 96.3 Å². The van der Waals surface area contributed by atoms with E-state index >= 15 is 0 Å². The van der Waals surface area contributed by atoms with E-state index in [-0.39, 0.29) is 35.4 Å². The maximum absolute atomic E-state index is 12.4. The minimum absolute atomic E-state index is 0.00281. The number of hydrogen-bond acceptors (Lipinski definition) is 10. The van der Waals surface area contributed by atoms with Gasteiger partial charge >= 0.3 is 0 Å². The number of ether oxygens (including phenoxy) is 5. The van der Waals surface area contributed by atoms with E-state index in [0.29, 0.717) is 52.3 Å². The number of phenols is 2. The van der Waals surface area contributed by atoms with Crippen LogP contribution in [0.15, 0.2) is 18.2 Å². The molecule has 3 aliphatic heterocycles. The van der Waals surface area contributed by atoms with Crippen molar-refractivity contribution in [2.24, 2.45) is 17.8 Å². The van der Waals surface area contributed by atoms with Crippen molar-refractivity contribution in [3.05, 3.63) is 51.6 Å². The van der Waals surface area contributed by atoms with E-state index < -0.39 is 0 Å². The highest BCUT2D eigenvalue weighted by molar-refractivity contribution is 5.69. The lowest BCUT2D eigenvalue weighted by molar-refractivity contribution is 0.191. The second kappa shape index (κ2) is 16.7. The molecule has 55 heavy (non-hydrogen) atoms. The van der Waals surface area contributed by atoms with Gasteiger partial charge < -0.3 is 33.9 Å². The SMILES string of the molecule is COc1cc2c(c(Oc3c(OC)cc4c(c3Oc3c(OC)cc5c(c3O)[C@@H](CC(C)C)N(C)CC5)[C@@H](CC(C)C)N(C)CC4)c1O)[C@@H](CC(C)C)N(C)CC2. The summed E-state index contributed by atoms with van der Waals surface area (Å²) < 4.78 is 32.3. The minimum Gasteiger partial charge on any atom is -0.504 e. The van der Waals surface area contributed by atoms with Crippen molar-refractivity contribution in [1.29, 1.82) is 0 Å². The Balaban J connectivity index is 1.64. The van der Waals surface area contributed by atoms with Crippen LogP contribution in [0.2, 0.25) is 0 Å². The van der Waals surface area contributed by atoms with Crippen molar-refractivity contribution in [1.82, 2.24) is 14.7 Å². The number of nitrogens with zero attached hydrogens (tertiary/aromatic N) is 3. The molecule has 0 spiro atoms. The molecular formula is C45H65N3O7. The van der Waals surface area contributed by atoms with Crippen molar-refractivity contribution >= 4 is 0 Å². The van der Waals surface area contributed by atoms with Crippen LogP contribution in [0.25, 0.3) is 0 Å². The number of aromatic hydroxyl groups is 2. The molecule has 3 aromatic carbocycles. The summed E-state index contributed by atoms with van der Waals surface area (Å²) in [4.78, 5) is 7.05. The zero-order valence-corrected chi connectivity index (χ0v) is 35.3. The highest BCUT2D eigenvalue weighted by Crippen LogP contribution is 2.58. The summed E-state index contributed by atoms with van der Waals surface area (Å²) in [7, 11) is 11.2. The Morgan fingerprint density at radius 2 is 0.873 bits per heavy atom. The van der Waals surface area contributed by atoms with Gasteiger partial charge in [0.2, 0.25) is 17.2 Å². The second-order valence-electron chi connectivity index (χ2n) is 17.3. The summed E-state index contributed by atoms with van der Waals surface area (Å²) in [6.07, 6.45) is 5.00. The fourth-order valence-electron chi connectivity index (χ4n) is 9.10. The van der Waals surface area contributed by atoms with E-state index in [1.165, 1.54) is 0 Å². The normalized spacial score (nSPS) is 20.4. The molecule has 0 aromatic heterocycles. The Morgan fingerprint density at radius 3 is 1.31 bits per heavy atom. The summed E-state index contributed by atoms with van der Waals surface area (Å²) in [5.41, 5.74) is 6.06. The lowest BCUT2D eigenvalue weighted by Crippen LogP contribution is -2.34. The van der Waals surface area contributed by atoms with E-state index in [1.807, 2.05) is 12.1 Å². The average molecular weight is 760 g/mol. The highest BCUT2D eigenvalue weighted by Gasteiger charge is 2.39. The van der Waals surface area contributed by atoms with Crippen LogP contribution in [-0.4, -0.2) is 87.0 Å². The van der Waals surface area contributed by atoms with Gasteiger partial charge in [-0.25, -0.2) is 0 Å². The first-order valence-electron chi connectivity index (χ1n) is 20.2. The van der Waals surface area contributed by atoms with Gasteiger partial charge in [0.25, 0.3) is 0 Å². The van der Waals surface area contributed by atoms with Crippen molar-refractivity contribution in [3.63, 3.8) is 0 Å². The lowest BCUT2D eigenvalue weighted by Gasteiger charge is -2.39. The molecule has 6 rings (SSSR count). The van der Waals surface area contributed by atoms with Gasteiger partial charge in [-0.1, -0.05) is 41.5 Å². The van der Waals surface area contributed by atoms with Crippen LogP contribution in [0.3, 0.4) is 0 Å². The molecule has 0 saturated heterocycles. The predicted octanol–water partition coefficient (Wildman–Crippen LogP) is 9.43. The molecule has 0 bridgehead atoms. The first-order valence-corrected chi connectivity index (χ1v) is 20.2. The fraction of sp³-hybridized carbons (Fsp3) is 0.600. The number of methoxy groups -OCH3 is 3. The summed E-state index contributed by atoms with van der Waals surface area (Å²) >= 11 is 0. The number of likely N-dealkylation sites (N-methyl/N-ethyl adjacent to an activating group) is 3. The third-order valence-corrected chi connectivity index (χ3v) is 12.0. The standard InChI is InChI=1S/C45H65N3O7/c1-25(2)19-31-37-28(13-16-46(31)7)23-35(52-11)42(41(37)50)54-45-39-30(15-18-48(9)33(39)21-27(5)6)24-36(53-12)43(45)55-44-38-29(22-34(51-10)40(44)49)14-17-47(8)32(38)20-26(3)4/h22-27,31-33,49-50H,13-21H2,1-12H3/t31-,32-,33-/m1/s1. The van der Waals surface area contributed by atoms with Crippen LogP contribution >= 0.6 is 0 Å². The van der Waals surface area contributed by atoms with E-state index in [0.717, 1.165) is 91.5 Å². The molecule has 0 aliphatic carbocycles. The van der Waals surface area contributed by atoms with Crippen LogP contribution in [0, 0.1) is 17.8 Å². The predicted molar refractivity (Wildman–Crippen MR) is 218 cm³/mol. The van der Waals surface area contributed by atoms with Crippen molar-refractivity contribution < 1.29 is 33.9 Å². The zero-order chi connectivity index (χ0) is 39.9. The molecule has 0 saturated carbocycles. The summed E-state index contributed by atoms with van der Waals surface area (Å²) in [5, 5.41) is 24.4. The summed E-state index contributed by atoms with van der Waals surface area (Å²) in [6, 6.07) is 6.06. The molecule has 0 unspecified atom stereocenters. The zero-order valence-electron chi connectivity index (χ0n) is 35.3. The van der Waals surface area contributed by atoms with Crippen LogP contribution < -0.4 is 23.7 Å². The van der Waals surface area contributed by atoms with Crippen molar-refractivity contribution in [2.45, 2.75) is 98.2 Å². The van der Waals surface area contributed by atoms with Gasteiger partial charge in [0.15, 0.2) is 34.5 Å². The Kier molecular flexibility index (Phi) is 12.4. The maximum Gasteiger partial charge on any atom is 0.212 e. The molecule has 0 radical (unpaired) electrons. The number of phenolic OH excluding ortho intramolecular Hbond substituents is 2. The molecule has 10 heteroatoms. The van der Waals surface area contributed by atoms with Gasteiger partial charge in [-0.3, -0.25) is 14.7 Å². The average Bonchev–Trinajstić information content (AvgIpc) is 3.13. The first-order chi connectivity index (χ1) is 26.2. The largest absolute Gasteiger partial charge is 0.504 e. The number of benzene rings is 3. The maximum atomic E-state index is 12.4. The monoisotopic (exact) mass is 759 g/mol. The molecule has 3 heterocycles. The van der Waals surface area contributed by atoms with Crippen molar-refractivity contribution in [3.8, 4) is 51.7 Å². The summed E-state index contributed by atoms with van der Waals surface area (Å²) in [6.45, 7) is 16.0. The van der Waals surface area contributed by atoms with Gasteiger partial charge in [0.1, 0.15) is 0 Å². The van der Waals surface area contributed by atoms with Gasteiger partial charge in [0.05, 0.1) is 21.3 Å². The van der Waals surface area contributed by atoms with Crippen LogP contribution in [0.1, 0.15) is 112 Å². The molecular weight excluding hydrogens is 695 g/mol. The van der Waals surface area contributed by atoms with Gasteiger partial charge in [-0.15, -0.1) is 0 Å². The van der Waals surface area contributed by atoms with E-state index in [2.05, 4.69) is 83.5 Å². The third kappa shape index (κ3) is 7.92. The van der Waals surface area contributed by atoms with Gasteiger partial charge in [-0.2, -0.15) is 0 Å². The molecule has 302 valence electrons. The molecule has 0 amide bonds. The van der Waals surface area contributed by atoms with E-state index in [1.54, 1.807) is 21.3 Å². The quantitative estimate of drug-likeness (QED) is 0.176. The first kappa shape index (κ1) is 40.8. The van der Waals surface area contributed by atoms with Crippen LogP contribution in [0.4, 0.5) is 0 Å². The molecule has 0 fully saturated rings. The second-order valence-corrected chi connectivity index (χ2v) is 17.3. The third-order valence-electron chi connectivity index (χ3n) is 12.0. The fourth-order valence-corrected chi connectivity index (χ4v) is 9.10. The Morgan fingerprint density at radius 1 is 0.509 bits per heavy atom. The van der Waals surface area contributed by atoms with Gasteiger partial charge in [-0.05, 0) is 112 Å². The summed E-state index contributed by atoms with van der Waals surface area (Å²) in [5.74, 6) is 3.88. The molecule has 10 nitrogen and oxygen atoms in total. The Hall–Kier alpha value is -3.86. The Labute approximate surface area is 329 Å². The Bertz CT molecular complexity index is 1860. The minimum atomic E-state index is -0.0688. The van der Waals surface area contributed by atoms with E-state index in [9.17, 15) is 10.2 Å². The number of hydrogen-bond donors (Lipinski definition) is 2. The smallest absolute Gasteiger partial charge is 0.212 e. The number of rotatable bonds is 13. The lowest BCUT2D eigenvalue weighted by atomic mass is 9.85. The highest BCUT2D eigenvalue weighted by atomic mass is 16.6. The molecule has 2 N–H and O–H groups in total. The van der Waals surface area contributed by atoms with Crippen LogP contribution in [0.5, 0.6) is 51.7 Å². The van der Waals surface area contributed by atoms with Crippen LogP contribution in [-0.2, 0) is 19.3 Å². The molecule has 3 aromatic rings. The molecule has 3 atom stereocenters.